The van der Waals surface area contributed by atoms with E-state index in [1.54, 1.807) is 10.4 Å². The lowest BCUT2D eigenvalue weighted by molar-refractivity contribution is 0.222. The first-order valence-corrected chi connectivity index (χ1v) is 11.4. The Balaban J connectivity index is 1.46. The molecule has 2 aliphatic rings. The van der Waals surface area contributed by atoms with E-state index < -0.39 is 10.0 Å². The van der Waals surface area contributed by atoms with Crippen LogP contribution in [0.5, 0.6) is 0 Å². The number of benzene rings is 1. The average Bonchev–Trinajstić information content (AvgIpc) is 2.73. The Morgan fingerprint density at radius 2 is 1.96 bits per heavy atom. The van der Waals surface area contributed by atoms with Crippen molar-refractivity contribution in [2.24, 2.45) is 0 Å². The number of nitrogens with zero attached hydrogens (tertiary/aromatic N) is 3. The molecule has 28 heavy (non-hydrogen) atoms. The number of piperazine rings is 1. The van der Waals surface area contributed by atoms with Gasteiger partial charge in [0.2, 0.25) is 10.0 Å². The van der Waals surface area contributed by atoms with Crippen LogP contribution in [-0.2, 0) is 23.0 Å². The summed E-state index contributed by atoms with van der Waals surface area (Å²) in [6, 6.07) is 11.7. The minimum atomic E-state index is -3.43. The standard InChI is InChI=1S/C21H28N4O2S/c1-24-11-13-25(14-12-24)28(26,27)19-8-2-5-17(15-19)16-23-20-9-3-6-18-7-4-10-22-21(18)20/h2,4-5,7-8,10,15,20,23H,3,6,9,11-14,16H2,1H3. The van der Waals surface area contributed by atoms with E-state index in [1.165, 1.54) is 5.56 Å². The van der Waals surface area contributed by atoms with Crippen molar-refractivity contribution in [2.75, 3.05) is 33.2 Å². The Hall–Kier alpha value is -1.80. The van der Waals surface area contributed by atoms with Crippen LogP contribution in [0.2, 0.25) is 0 Å². The van der Waals surface area contributed by atoms with E-state index in [9.17, 15) is 8.42 Å². The molecule has 1 unspecified atom stereocenters. The Morgan fingerprint density at radius 3 is 2.79 bits per heavy atom. The van der Waals surface area contributed by atoms with Crippen LogP contribution in [-0.4, -0.2) is 55.8 Å². The van der Waals surface area contributed by atoms with Gasteiger partial charge in [-0.25, -0.2) is 8.42 Å². The monoisotopic (exact) mass is 400 g/mol. The maximum atomic E-state index is 13.0. The Morgan fingerprint density at radius 1 is 1.14 bits per heavy atom. The molecule has 1 aliphatic heterocycles. The maximum Gasteiger partial charge on any atom is 0.243 e. The van der Waals surface area contributed by atoms with Gasteiger partial charge in [-0.2, -0.15) is 4.31 Å². The number of sulfonamides is 1. The van der Waals surface area contributed by atoms with E-state index in [0.717, 1.165) is 43.6 Å². The van der Waals surface area contributed by atoms with Gasteiger partial charge in [0.05, 0.1) is 16.6 Å². The predicted octanol–water partition coefficient (Wildman–Crippen LogP) is 2.18. The molecule has 0 bridgehead atoms. The van der Waals surface area contributed by atoms with Crippen molar-refractivity contribution < 1.29 is 8.42 Å². The molecule has 1 aliphatic carbocycles. The number of aromatic nitrogens is 1. The Kier molecular flexibility index (Phi) is 5.78. The molecule has 1 atom stereocenters. The molecule has 0 spiro atoms. The molecule has 1 saturated heterocycles. The number of rotatable bonds is 5. The van der Waals surface area contributed by atoms with Gasteiger partial charge >= 0.3 is 0 Å². The molecule has 0 radical (unpaired) electrons. The van der Waals surface area contributed by atoms with Gasteiger partial charge in [-0.3, -0.25) is 4.98 Å². The van der Waals surface area contributed by atoms with Gasteiger partial charge in [-0.15, -0.1) is 0 Å². The SMILES string of the molecule is CN1CCN(S(=O)(=O)c2cccc(CNC3CCCc4cccnc43)c2)CC1. The molecule has 7 heteroatoms. The molecule has 0 amide bonds. The van der Waals surface area contributed by atoms with Gasteiger partial charge in [0, 0.05) is 38.9 Å². The second-order valence-electron chi connectivity index (χ2n) is 7.73. The summed E-state index contributed by atoms with van der Waals surface area (Å²) in [5, 5.41) is 3.58. The van der Waals surface area contributed by atoms with Crippen LogP contribution in [0, 0.1) is 0 Å². The second-order valence-corrected chi connectivity index (χ2v) is 9.67. The number of nitrogens with one attached hydrogen (secondary N) is 1. The minimum Gasteiger partial charge on any atom is -0.305 e. The van der Waals surface area contributed by atoms with Gasteiger partial charge in [-0.05, 0) is 55.6 Å². The summed E-state index contributed by atoms with van der Waals surface area (Å²) >= 11 is 0. The highest BCUT2D eigenvalue weighted by atomic mass is 32.2. The average molecular weight is 401 g/mol. The quantitative estimate of drug-likeness (QED) is 0.833. The fourth-order valence-electron chi connectivity index (χ4n) is 4.04. The molecule has 1 fully saturated rings. The van der Waals surface area contributed by atoms with Crippen LogP contribution in [0.15, 0.2) is 47.5 Å². The first-order chi connectivity index (χ1) is 13.5. The molecular weight excluding hydrogens is 372 g/mol. The molecule has 150 valence electrons. The molecule has 6 nitrogen and oxygen atoms in total. The van der Waals surface area contributed by atoms with Crippen molar-refractivity contribution in [3.63, 3.8) is 0 Å². The van der Waals surface area contributed by atoms with E-state index in [1.807, 2.05) is 37.5 Å². The van der Waals surface area contributed by atoms with Crippen LogP contribution in [0.3, 0.4) is 0 Å². The molecule has 4 rings (SSSR count). The number of hydrogen-bond acceptors (Lipinski definition) is 5. The lowest BCUT2D eigenvalue weighted by Gasteiger charge is -2.31. The Labute approximate surface area is 167 Å². The van der Waals surface area contributed by atoms with Crippen LogP contribution >= 0.6 is 0 Å². The number of likely N-dealkylation sites (N-methyl/N-ethyl adjacent to an activating group) is 1. The first kappa shape index (κ1) is 19.5. The maximum absolute atomic E-state index is 13.0. The molecule has 1 N–H and O–H groups in total. The molecule has 0 saturated carbocycles. The summed E-state index contributed by atoms with van der Waals surface area (Å²) in [5.41, 5.74) is 3.44. The van der Waals surface area contributed by atoms with Crippen molar-refractivity contribution in [3.8, 4) is 0 Å². The third-order valence-electron chi connectivity index (χ3n) is 5.75. The van der Waals surface area contributed by atoms with Crippen LogP contribution in [0.4, 0.5) is 0 Å². The summed E-state index contributed by atoms with van der Waals surface area (Å²) in [6.07, 6.45) is 5.14. The third-order valence-corrected chi connectivity index (χ3v) is 7.64. The second kappa shape index (κ2) is 8.29. The van der Waals surface area contributed by atoms with E-state index in [2.05, 4.69) is 21.3 Å². The number of pyridine rings is 1. The number of fused-ring (bicyclic) bond motifs is 1. The van der Waals surface area contributed by atoms with Crippen molar-refractivity contribution in [1.29, 1.82) is 0 Å². The summed E-state index contributed by atoms with van der Waals surface area (Å²) in [4.78, 5) is 7.11. The lowest BCUT2D eigenvalue weighted by atomic mass is 9.92. The fourth-order valence-corrected chi connectivity index (χ4v) is 5.54. The van der Waals surface area contributed by atoms with Crippen molar-refractivity contribution in [3.05, 3.63) is 59.4 Å². The number of hydrogen-bond donors (Lipinski definition) is 1. The number of aryl methyl sites for hydroxylation is 1. The zero-order valence-corrected chi connectivity index (χ0v) is 17.2. The topological polar surface area (TPSA) is 65.5 Å². The predicted molar refractivity (Wildman–Crippen MR) is 109 cm³/mol. The van der Waals surface area contributed by atoms with Crippen molar-refractivity contribution in [2.45, 2.75) is 36.7 Å². The van der Waals surface area contributed by atoms with Gasteiger partial charge in [-0.1, -0.05) is 18.2 Å². The van der Waals surface area contributed by atoms with Crippen LogP contribution in [0.25, 0.3) is 0 Å². The molecule has 1 aromatic heterocycles. The normalized spacial score (nSPS) is 21.4. The van der Waals surface area contributed by atoms with Crippen molar-refractivity contribution >= 4 is 10.0 Å². The molecule has 2 aromatic rings. The fraction of sp³-hybridized carbons (Fsp3) is 0.476. The van der Waals surface area contributed by atoms with E-state index in [0.29, 0.717) is 24.5 Å². The van der Waals surface area contributed by atoms with Gasteiger partial charge < -0.3 is 10.2 Å². The lowest BCUT2D eigenvalue weighted by Crippen LogP contribution is -2.47. The summed E-state index contributed by atoms with van der Waals surface area (Å²) in [7, 11) is -1.41. The van der Waals surface area contributed by atoms with Gasteiger partial charge in [0.15, 0.2) is 0 Å². The Bertz CT molecular complexity index is 924. The smallest absolute Gasteiger partial charge is 0.243 e. The van der Waals surface area contributed by atoms with Gasteiger partial charge in [0.1, 0.15) is 0 Å². The largest absolute Gasteiger partial charge is 0.305 e. The van der Waals surface area contributed by atoms with E-state index >= 15 is 0 Å². The highest BCUT2D eigenvalue weighted by Crippen LogP contribution is 2.28. The van der Waals surface area contributed by atoms with Crippen LogP contribution < -0.4 is 5.32 Å². The first-order valence-electron chi connectivity index (χ1n) is 9.99. The zero-order valence-electron chi connectivity index (χ0n) is 16.3. The molecule has 1 aromatic carbocycles. The van der Waals surface area contributed by atoms with Gasteiger partial charge in [0.25, 0.3) is 0 Å². The third kappa shape index (κ3) is 4.12. The van der Waals surface area contributed by atoms with E-state index in [4.69, 9.17) is 0 Å². The highest BCUT2D eigenvalue weighted by molar-refractivity contribution is 7.89. The highest BCUT2D eigenvalue weighted by Gasteiger charge is 2.27. The molecular formula is C21H28N4O2S. The summed E-state index contributed by atoms with van der Waals surface area (Å²) in [5.74, 6) is 0. The zero-order chi connectivity index (χ0) is 19.6. The van der Waals surface area contributed by atoms with Crippen LogP contribution in [0.1, 0.15) is 35.7 Å². The van der Waals surface area contributed by atoms with Crippen molar-refractivity contribution in [1.82, 2.24) is 19.5 Å². The minimum absolute atomic E-state index is 0.225. The molecule has 2 heterocycles. The summed E-state index contributed by atoms with van der Waals surface area (Å²) in [6.45, 7) is 3.27. The van der Waals surface area contributed by atoms with E-state index in [-0.39, 0.29) is 6.04 Å². The summed E-state index contributed by atoms with van der Waals surface area (Å²) < 4.78 is 27.6.